The van der Waals surface area contributed by atoms with Gasteiger partial charge in [-0.2, -0.15) is 0 Å². The van der Waals surface area contributed by atoms with Crippen molar-refractivity contribution < 1.29 is 33.7 Å². The van der Waals surface area contributed by atoms with Crippen LogP contribution in [0.4, 0.5) is 4.79 Å². The van der Waals surface area contributed by atoms with Gasteiger partial charge in [0.15, 0.2) is 11.5 Å². The van der Waals surface area contributed by atoms with E-state index in [-0.39, 0.29) is 23.5 Å². The summed E-state index contributed by atoms with van der Waals surface area (Å²) in [6, 6.07) is 7.72. The number of Topliss-reactive ketones (excluding diaryl/α,β-unsaturated/α-hetero) is 1. The molecule has 9 nitrogen and oxygen atoms in total. The molecular weight excluding hydrogens is 472 g/mol. The topological polar surface area (TPSA) is 106 Å². The minimum Gasteiger partial charge on any atom is -0.507 e. The number of nitrogens with zero attached hydrogens (tertiary/aromatic N) is 2. The molecule has 1 aromatic heterocycles. The Hall–Kier alpha value is -3.53. The highest BCUT2D eigenvalue weighted by Crippen LogP contribution is 2.44. The van der Waals surface area contributed by atoms with Crippen molar-refractivity contribution in [2.75, 3.05) is 32.9 Å². The zero-order chi connectivity index (χ0) is 24.5. The molecule has 10 heteroatoms. The lowest BCUT2D eigenvalue weighted by Gasteiger charge is -2.38. The van der Waals surface area contributed by atoms with Crippen LogP contribution >= 0.6 is 11.3 Å². The van der Waals surface area contributed by atoms with Crippen LogP contribution in [0, 0.1) is 0 Å². The number of thiophene rings is 1. The van der Waals surface area contributed by atoms with E-state index in [0.717, 1.165) is 4.88 Å². The standard InChI is InChI=1S/C25H26N2O7S/c1-2-32-25(31)26-9-7-16(8-10-26)27-21(19-4-3-13-35-19)20(23(29)24(27)30)22(28)15-5-6-17-18(14-15)34-12-11-33-17/h3-6,13-14,16,21,28H,2,7-12H2,1H3/b22-20-. The van der Waals surface area contributed by atoms with Gasteiger partial charge < -0.3 is 29.1 Å². The molecule has 0 radical (unpaired) electrons. The normalized spacial score (nSPS) is 21.9. The summed E-state index contributed by atoms with van der Waals surface area (Å²) in [4.78, 5) is 42.7. The number of benzene rings is 1. The highest BCUT2D eigenvalue weighted by Gasteiger charge is 2.49. The van der Waals surface area contributed by atoms with Gasteiger partial charge in [0.2, 0.25) is 0 Å². The number of ketones is 1. The van der Waals surface area contributed by atoms with Gasteiger partial charge in [-0.05, 0) is 49.4 Å². The van der Waals surface area contributed by atoms with Gasteiger partial charge in [-0.25, -0.2) is 4.79 Å². The van der Waals surface area contributed by atoms with E-state index in [2.05, 4.69) is 0 Å². The maximum absolute atomic E-state index is 13.3. The summed E-state index contributed by atoms with van der Waals surface area (Å²) < 4.78 is 16.3. The van der Waals surface area contributed by atoms with E-state index >= 15 is 0 Å². The SMILES string of the molecule is CCOC(=O)N1CCC(N2C(=O)C(=O)/C(=C(\O)c3ccc4c(c3)OCCO4)C2c2cccs2)CC1. The number of carbonyl (C=O) groups is 3. The first-order chi connectivity index (χ1) is 17.0. The average molecular weight is 499 g/mol. The molecule has 0 aliphatic carbocycles. The summed E-state index contributed by atoms with van der Waals surface area (Å²) in [6.45, 7) is 3.73. The lowest BCUT2D eigenvalue weighted by Crippen LogP contribution is -2.48. The van der Waals surface area contributed by atoms with E-state index in [0.29, 0.717) is 62.8 Å². The Morgan fingerprint density at radius 2 is 1.89 bits per heavy atom. The van der Waals surface area contributed by atoms with Crippen LogP contribution in [0.1, 0.15) is 36.2 Å². The van der Waals surface area contributed by atoms with Crippen LogP contribution < -0.4 is 9.47 Å². The summed E-state index contributed by atoms with van der Waals surface area (Å²) in [5.41, 5.74) is 0.438. The molecule has 3 aliphatic heterocycles. The van der Waals surface area contributed by atoms with Gasteiger partial charge in [-0.1, -0.05) is 6.07 Å². The highest BCUT2D eigenvalue weighted by molar-refractivity contribution is 7.10. The van der Waals surface area contributed by atoms with Gasteiger partial charge in [-0.15, -0.1) is 11.3 Å². The van der Waals surface area contributed by atoms with Crippen LogP contribution in [0.2, 0.25) is 0 Å². The van der Waals surface area contributed by atoms with Crippen LogP contribution in [0.5, 0.6) is 11.5 Å². The summed E-state index contributed by atoms with van der Waals surface area (Å²) in [7, 11) is 0. The summed E-state index contributed by atoms with van der Waals surface area (Å²) in [5.74, 6) is -0.559. The van der Waals surface area contributed by atoms with Gasteiger partial charge >= 0.3 is 6.09 Å². The van der Waals surface area contributed by atoms with Crippen LogP contribution in [0.25, 0.3) is 5.76 Å². The number of fused-ring (bicyclic) bond motifs is 1. The quantitative estimate of drug-likeness (QED) is 0.390. The largest absolute Gasteiger partial charge is 0.507 e. The first kappa shape index (κ1) is 23.2. The van der Waals surface area contributed by atoms with E-state index in [1.54, 1.807) is 34.9 Å². The molecule has 4 heterocycles. The number of aliphatic hydroxyl groups excluding tert-OH is 1. The van der Waals surface area contributed by atoms with Crippen LogP contribution in [0.3, 0.4) is 0 Å². The zero-order valence-corrected chi connectivity index (χ0v) is 20.1. The van der Waals surface area contributed by atoms with Crippen molar-refractivity contribution in [1.29, 1.82) is 0 Å². The van der Waals surface area contributed by atoms with Gasteiger partial charge in [0.1, 0.15) is 19.0 Å². The van der Waals surface area contributed by atoms with E-state index in [4.69, 9.17) is 14.2 Å². The first-order valence-corrected chi connectivity index (χ1v) is 12.5. The molecule has 35 heavy (non-hydrogen) atoms. The zero-order valence-electron chi connectivity index (χ0n) is 19.3. The van der Waals surface area contributed by atoms with Crippen molar-refractivity contribution in [2.45, 2.75) is 31.8 Å². The molecule has 5 rings (SSSR count). The number of carbonyl (C=O) groups excluding carboxylic acids is 3. The minimum atomic E-state index is -0.719. The molecule has 1 N–H and O–H groups in total. The molecule has 2 amide bonds. The molecule has 1 unspecified atom stereocenters. The fraction of sp³-hybridized carbons (Fsp3) is 0.400. The molecule has 0 saturated carbocycles. The molecule has 3 aliphatic rings. The van der Waals surface area contributed by atoms with E-state index in [9.17, 15) is 19.5 Å². The minimum absolute atomic E-state index is 0.0574. The number of aliphatic hydroxyl groups is 1. The fourth-order valence-electron chi connectivity index (χ4n) is 4.84. The van der Waals surface area contributed by atoms with Crippen LogP contribution in [0.15, 0.2) is 41.3 Å². The second kappa shape index (κ2) is 9.61. The molecule has 2 saturated heterocycles. The van der Waals surface area contributed by atoms with E-state index in [1.165, 1.54) is 11.3 Å². The predicted molar refractivity (Wildman–Crippen MR) is 128 cm³/mol. The number of ether oxygens (including phenoxy) is 3. The van der Waals surface area contributed by atoms with Crippen molar-refractivity contribution in [3.63, 3.8) is 0 Å². The van der Waals surface area contributed by atoms with E-state index < -0.39 is 17.7 Å². The summed E-state index contributed by atoms with van der Waals surface area (Å²) in [6.07, 6.45) is 0.650. The van der Waals surface area contributed by atoms with Gasteiger partial charge in [0.25, 0.3) is 11.7 Å². The Morgan fingerprint density at radius 1 is 1.14 bits per heavy atom. The lowest BCUT2D eigenvalue weighted by molar-refractivity contribution is -0.142. The predicted octanol–water partition coefficient (Wildman–Crippen LogP) is 3.56. The Balaban J connectivity index is 1.49. The Labute approximate surface area is 206 Å². The number of hydrogen-bond acceptors (Lipinski definition) is 8. The Kier molecular flexibility index (Phi) is 6.38. The van der Waals surface area contributed by atoms with Gasteiger partial charge in [-0.3, -0.25) is 9.59 Å². The summed E-state index contributed by atoms with van der Waals surface area (Å²) >= 11 is 1.42. The summed E-state index contributed by atoms with van der Waals surface area (Å²) in [5, 5.41) is 13.2. The molecule has 1 aromatic carbocycles. The van der Waals surface area contributed by atoms with Gasteiger partial charge in [0, 0.05) is 29.6 Å². The van der Waals surface area contributed by atoms with Crippen molar-refractivity contribution >= 4 is 34.9 Å². The smallest absolute Gasteiger partial charge is 0.409 e. The second-order valence-corrected chi connectivity index (χ2v) is 9.48. The highest BCUT2D eigenvalue weighted by atomic mass is 32.1. The number of piperidine rings is 1. The lowest BCUT2D eigenvalue weighted by atomic mass is 9.97. The van der Waals surface area contributed by atoms with E-state index in [1.807, 2.05) is 17.5 Å². The van der Waals surface area contributed by atoms with Crippen molar-refractivity contribution in [1.82, 2.24) is 9.80 Å². The monoisotopic (exact) mass is 498 g/mol. The third-order valence-corrected chi connectivity index (χ3v) is 7.42. The second-order valence-electron chi connectivity index (χ2n) is 8.50. The maximum atomic E-state index is 13.3. The molecule has 0 bridgehead atoms. The third kappa shape index (κ3) is 4.22. The molecule has 2 fully saturated rings. The number of amides is 2. The molecule has 1 atom stereocenters. The van der Waals surface area contributed by atoms with Crippen molar-refractivity contribution in [3.05, 3.63) is 51.7 Å². The average Bonchev–Trinajstić information content (AvgIpc) is 3.50. The van der Waals surface area contributed by atoms with Crippen LogP contribution in [-0.2, 0) is 14.3 Å². The number of likely N-dealkylation sites (tertiary alicyclic amines) is 2. The van der Waals surface area contributed by atoms with Crippen LogP contribution in [-0.4, -0.2) is 71.6 Å². The Morgan fingerprint density at radius 3 is 2.57 bits per heavy atom. The number of rotatable bonds is 4. The number of hydrogen-bond donors (Lipinski definition) is 1. The molecule has 0 spiro atoms. The van der Waals surface area contributed by atoms with Crippen molar-refractivity contribution in [3.8, 4) is 11.5 Å². The maximum Gasteiger partial charge on any atom is 0.409 e. The Bertz CT molecular complexity index is 1170. The molecule has 184 valence electrons. The fourth-order valence-corrected chi connectivity index (χ4v) is 5.67. The molecule has 2 aromatic rings. The first-order valence-electron chi connectivity index (χ1n) is 11.6. The van der Waals surface area contributed by atoms with Gasteiger partial charge in [0.05, 0.1) is 18.2 Å². The third-order valence-electron chi connectivity index (χ3n) is 6.49. The molecular formula is C25H26N2O7S. The van der Waals surface area contributed by atoms with Crippen molar-refractivity contribution in [2.24, 2.45) is 0 Å².